The van der Waals surface area contributed by atoms with Gasteiger partial charge in [0.25, 0.3) is 5.69 Å². The molecule has 1 aliphatic rings. The lowest BCUT2D eigenvalue weighted by atomic mass is 10.2. The maximum Gasteiger partial charge on any atom is 0.269 e. The molecule has 0 saturated heterocycles. The molecule has 0 amide bonds. The molecule has 0 unspecified atom stereocenters. The van der Waals surface area contributed by atoms with Crippen LogP contribution >= 0.6 is 23.5 Å². The minimum Gasteiger partial charge on any atom is -0.279 e. The quantitative estimate of drug-likeness (QED) is 0.368. The largest absolute Gasteiger partial charge is 0.279 e. The molecule has 1 heterocycles. The zero-order valence-corrected chi connectivity index (χ0v) is 11.9. The van der Waals surface area contributed by atoms with Crippen LogP contribution in [0.25, 0.3) is 6.08 Å². The SMILES string of the molecule is C=CCSC1=N/C(=C/c2ccc([N+](=O)[O-])cc2)C(=O)S1. The van der Waals surface area contributed by atoms with Crippen LogP contribution in [0, 0.1) is 10.1 Å². The predicted molar refractivity (Wildman–Crippen MR) is 83.8 cm³/mol. The number of rotatable bonds is 4. The number of carbonyl (C=O) groups excluding carboxylic acids is 1. The van der Waals surface area contributed by atoms with Crippen LogP contribution in [0.1, 0.15) is 5.56 Å². The van der Waals surface area contributed by atoms with Gasteiger partial charge in [-0.1, -0.05) is 17.8 Å². The second kappa shape index (κ2) is 6.53. The predicted octanol–water partition coefficient (Wildman–Crippen LogP) is 3.48. The summed E-state index contributed by atoms with van der Waals surface area (Å²) < 4.78 is 0.697. The van der Waals surface area contributed by atoms with Gasteiger partial charge in [-0.2, -0.15) is 0 Å². The topological polar surface area (TPSA) is 72.6 Å². The van der Waals surface area contributed by atoms with E-state index in [1.165, 1.54) is 23.9 Å². The summed E-state index contributed by atoms with van der Waals surface area (Å²) in [6.07, 6.45) is 3.37. The van der Waals surface area contributed by atoms with Gasteiger partial charge >= 0.3 is 0 Å². The Hall–Kier alpha value is -1.86. The zero-order valence-electron chi connectivity index (χ0n) is 10.3. The van der Waals surface area contributed by atoms with Crippen molar-refractivity contribution >= 4 is 44.8 Å². The Labute approximate surface area is 124 Å². The Balaban J connectivity index is 2.17. The van der Waals surface area contributed by atoms with Gasteiger partial charge in [0.15, 0.2) is 0 Å². The molecule has 0 aromatic heterocycles. The van der Waals surface area contributed by atoms with Gasteiger partial charge in [-0.3, -0.25) is 14.9 Å². The monoisotopic (exact) mass is 306 g/mol. The summed E-state index contributed by atoms with van der Waals surface area (Å²) >= 11 is 2.54. The highest BCUT2D eigenvalue weighted by Crippen LogP contribution is 2.31. The fourth-order valence-electron chi connectivity index (χ4n) is 1.43. The molecule has 1 aliphatic heterocycles. The lowest BCUT2D eigenvalue weighted by molar-refractivity contribution is -0.384. The third-order valence-electron chi connectivity index (χ3n) is 2.33. The highest BCUT2D eigenvalue weighted by Gasteiger charge is 2.22. The molecule has 0 radical (unpaired) electrons. The van der Waals surface area contributed by atoms with Gasteiger partial charge in [-0.05, 0) is 35.5 Å². The van der Waals surface area contributed by atoms with E-state index in [1.54, 1.807) is 24.3 Å². The average molecular weight is 306 g/mol. The number of thioether (sulfide) groups is 2. The number of carbonyl (C=O) groups is 1. The van der Waals surface area contributed by atoms with Gasteiger partial charge in [0.05, 0.1) is 4.92 Å². The van der Waals surface area contributed by atoms with Crippen LogP contribution in [-0.4, -0.2) is 20.2 Å². The molecule has 102 valence electrons. The van der Waals surface area contributed by atoms with E-state index in [2.05, 4.69) is 11.6 Å². The van der Waals surface area contributed by atoms with Crippen LogP contribution in [0.4, 0.5) is 5.69 Å². The van der Waals surface area contributed by atoms with Gasteiger partial charge < -0.3 is 0 Å². The summed E-state index contributed by atoms with van der Waals surface area (Å²) in [5, 5.41) is 10.4. The molecule has 5 nitrogen and oxygen atoms in total. The van der Waals surface area contributed by atoms with Crippen LogP contribution in [-0.2, 0) is 4.79 Å². The highest BCUT2D eigenvalue weighted by molar-refractivity contribution is 8.45. The molecule has 0 aliphatic carbocycles. The number of nitro groups is 1. The third-order valence-corrected chi connectivity index (χ3v) is 4.34. The molecule has 0 bridgehead atoms. The van der Waals surface area contributed by atoms with Crippen molar-refractivity contribution in [3.05, 3.63) is 58.3 Å². The van der Waals surface area contributed by atoms with Crippen LogP contribution in [0.15, 0.2) is 47.6 Å². The van der Waals surface area contributed by atoms with Gasteiger partial charge in [-0.25, -0.2) is 4.99 Å². The van der Waals surface area contributed by atoms with Crippen molar-refractivity contribution in [2.75, 3.05) is 5.75 Å². The molecule has 2 rings (SSSR count). The van der Waals surface area contributed by atoms with Crippen molar-refractivity contribution in [2.24, 2.45) is 4.99 Å². The fraction of sp³-hybridized carbons (Fsp3) is 0.0769. The molecule has 0 saturated carbocycles. The Morgan fingerprint density at radius 1 is 1.40 bits per heavy atom. The summed E-state index contributed by atoms with van der Waals surface area (Å²) in [4.78, 5) is 26.1. The average Bonchev–Trinajstić information content (AvgIpc) is 2.77. The molecule has 0 spiro atoms. The second-order valence-corrected chi connectivity index (χ2v) is 5.97. The van der Waals surface area contributed by atoms with Crippen molar-refractivity contribution in [3.8, 4) is 0 Å². The van der Waals surface area contributed by atoms with E-state index in [0.717, 1.165) is 11.8 Å². The van der Waals surface area contributed by atoms with Crippen molar-refractivity contribution in [1.29, 1.82) is 0 Å². The van der Waals surface area contributed by atoms with E-state index in [-0.39, 0.29) is 10.8 Å². The Morgan fingerprint density at radius 2 is 2.10 bits per heavy atom. The number of hydrogen-bond donors (Lipinski definition) is 0. The van der Waals surface area contributed by atoms with E-state index >= 15 is 0 Å². The first kappa shape index (κ1) is 14.5. The lowest BCUT2D eigenvalue weighted by Crippen LogP contribution is -1.89. The molecule has 0 N–H and O–H groups in total. The first-order valence-corrected chi connectivity index (χ1v) is 7.41. The van der Waals surface area contributed by atoms with Gasteiger partial charge in [0, 0.05) is 17.9 Å². The first-order valence-electron chi connectivity index (χ1n) is 5.61. The summed E-state index contributed by atoms with van der Waals surface area (Å²) in [5.74, 6) is 0.698. The highest BCUT2D eigenvalue weighted by atomic mass is 32.2. The summed E-state index contributed by atoms with van der Waals surface area (Å²) in [7, 11) is 0. The maximum absolute atomic E-state index is 11.8. The van der Waals surface area contributed by atoms with Gasteiger partial charge in [0.1, 0.15) is 10.1 Å². The molecular weight excluding hydrogens is 296 g/mol. The van der Waals surface area contributed by atoms with E-state index in [1.807, 2.05) is 0 Å². The number of nitrogens with zero attached hydrogens (tertiary/aromatic N) is 2. The Bertz CT molecular complexity index is 621. The molecule has 1 aromatic carbocycles. The molecule has 0 atom stereocenters. The van der Waals surface area contributed by atoms with E-state index in [0.29, 0.717) is 21.4 Å². The summed E-state index contributed by atoms with van der Waals surface area (Å²) in [6, 6.07) is 5.98. The van der Waals surface area contributed by atoms with Crippen LogP contribution in [0.3, 0.4) is 0 Å². The van der Waals surface area contributed by atoms with E-state index in [9.17, 15) is 14.9 Å². The molecule has 20 heavy (non-hydrogen) atoms. The Kier molecular flexibility index (Phi) is 4.75. The number of benzene rings is 1. The van der Waals surface area contributed by atoms with Crippen LogP contribution in [0.5, 0.6) is 0 Å². The van der Waals surface area contributed by atoms with Crippen molar-refractivity contribution < 1.29 is 9.72 Å². The van der Waals surface area contributed by atoms with Crippen molar-refractivity contribution in [1.82, 2.24) is 0 Å². The second-order valence-electron chi connectivity index (χ2n) is 3.75. The van der Waals surface area contributed by atoms with Crippen molar-refractivity contribution in [3.63, 3.8) is 0 Å². The number of aliphatic imine (C=N–C) groups is 1. The molecular formula is C13H10N2O3S2. The van der Waals surface area contributed by atoms with Crippen LogP contribution < -0.4 is 0 Å². The number of non-ortho nitro benzene ring substituents is 1. The maximum atomic E-state index is 11.8. The normalized spacial score (nSPS) is 16.3. The van der Waals surface area contributed by atoms with Gasteiger partial charge in [-0.15, -0.1) is 6.58 Å². The third kappa shape index (κ3) is 3.58. The van der Waals surface area contributed by atoms with Gasteiger partial charge in [0.2, 0.25) is 5.12 Å². The smallest absolute Gasteiger partial charge is 0.269 e. The summed E-state index contributed by atoms with van der Waals surface area (Å²) in [6.45, 7) is 3.61. The van der Waals surface area contributed by atoms with E-state index < -0.39 is 4.92 Å². The summed E-state index contributed by atoms with van der Waals surface area (Å²) in [5.41, 5.74) is 1.08. The fourth-order valence-corrected chi connectivity index (χ4v) is 3.03. The number of nitro benzene ring substituents is 1. The first-order chi connectivity index (χ1) is 9.60. The minimum absolute atomic E-state index is 0.0185. The zero-order chi connectivity index (χ0) is 14.5. The molecule has 0 fully saturated rings. The molecule has 7 heteroatoms. The number of hydrogen-bond acceptors (Lipinski definition) is 6. The Morgan fingerprint density at radius 3 is 2.70 bits per heavy atom. The lowest BCUT2D eigenvalue weighted by Gasteiger charge is -1.94. The van der Waals surface area contributed by atoms with E-state index in [4.69, 9.17) is 0 Å². The van der Waals surface area contributed by atoms with Crippen molar-refractivity contribution in [2.45, 2.75) is 0 Å². The standard InChI is InChI=1S/C13H10N2O3S2/c1-2-7-19-13-14-11(12(16)20-13)8-9-3-5-10(6-4-9)15(17)18/h2-6,8H,1,7H2/b11-8+. The minimum atomic E-state index is -0.463. The van der Waals surface area contributed by atoms with Crippen LogP contribution in [0.2, 0.25) is 0 Å². The molecule has 1 aromatic rings.